The first-order valence-corrected chi connectivity index (χ1v) is 9.76. The van der Waals surface area contributed by atoms with Gasteiger partial charge < -0.3 is 18.3 Å². The highest BCUT2D eigenvalue weighted by atomic mass is 28.4. The minimum Gasteiger partial charge on any atom is -0.394 e. The fraction of sp³-hybridized carbons (Fsp3) is 1.00. The molecule has 1 heterocycles. The van der Waals surface area contributed by atoms with Crippen molar-refractivity contribution < 1.29 is 18.3 Å². The molecule has 19 heavy (non-hydrogen) atoms. The van der Waals surface area contributed by atoms with Gasteiger partial charge in [-0.2, -0.15) is 0 Å². The fourth-order valence-corrected chi connectivity index (χ4v) is 6.91. The quantitative estimate of drug-likeness (QED) is 0.458. The summed E-state index contributed by atoms with van der Waals surface area (Å²) in [6.07, 6.45) is 2.15. The van der Waals surface area contributed by atoms with Gasteiger partial charge in [-0.25, -0.2) is 0 Å². The van der Waals surface area contributed by atoms with E-state index in [1.807, 2.05) is 0 Å². The Hall–Kier alpha value is 0.0569. The Morgan fingerprint density at radius 1 is 1.21 bits per heavy atom. The van der Waals surface area contributed by atoms with Crippen LogP contribution in [0.25, 0.3) is 0 Å². The third kappa shape index (κ3) is 4.26. The van der Waals surface area contributed by atoms with Crippen LogP contribution >= 0.6 is 0 Å². The monoisotopic (exact) mass is 290 g/mol. The lowest BCUT2D eigenvalue weighted by Gasteiger charge is -2.49. The van der Waals surface area contributed by atoms with Gasteiger partial charge in [0.15, 0.2) is 0 Å². The SMILES string of the molecule is CCO[Si](C)(OCC)C(CCCOC)C1(C)COC1. The van der Waals surface area contributed by atoms with Crippen LogP contribution in [0.3, 0.4) is 0 Å². The molecular weight excluding hydrogens is 260 g/mol. The van der Waals surface area contributed by atoms with Crippen molar-refractivity contribution in [3.8, 4) is 0 Å². The molecule has 0 aromatic heterocycles. The topological polar surface area (TPSA) is 36.9 Å². The Balaban J connectivity index is 2.78. The Bertz CT molecular complexity index is 250. The number of rotatable bonds is 10. The second-order valence-electron chi connectivity index (χ2n) is 5.72. The maximum atomic E-state index is 6.11. The normalized spacial score (nSPS) is 20.1. The molecule has 1 saturated heterocycles. The molecule has 1 rings (SSSR count). The van der Waals surface area contributed by atoms with Crippen molar-refractivity contribution in [3.63, 3.8) is 0 Å². The second-order valence-corrected chi connectivity index (χ2v) is 9.02. The first-order valence-electron chi connectivity index (χ1n) is 7.37. The number of methoxy groups -OCH3 is 1. The van der Waals surface area contributed by atoms with Gasteiger partial charge in [0.1, 0.15) is 0 Å². The number of hydrogen-bond donors (Lipinski definition) is 0. The minimum absolute atomic E-state index is 0.207. The van der Waals surface area contributed by atoms with Crippen molar-refractivity contribution in [2.24, 2.45) is 5.41 Å². The molecule has 1 fully saturated rings. The van der Waals surface area contributed by atoms with E-state index in [-0.39, 0.29) is 5.41 Å². The zero-order valence-electron chi connectivity index (χ0n) is 13.2. The predicted molar refractivity (Wildman–Crippen MR) is 78.7 cm³/mol. The summed E-state index contributed by atoms with van der Waals surface area (Å²) in [6.45, 7) is 12.5. The molecule has 1 atom stereocenters. The third-order valence-electron chi connectivity index (χ3n) is 4.04. The zero-order chi connectivity index (χ0) is 14.4. The van der Waals surface area contributed by atoms with Crippen LogP contribution in [0.5, 0.6) is 0 Å². The van der Waals surface area contributed by atoms with Crippen LogP contribution in [0.1, 0.15) is 33.6 Å². The van der Waals surface area contributed by atoms with Crippen molar-refractivity contribution in [1.29, 1.82) is 0 Å². The van der Waals surface area contributed by atoms with Gasteiger partial charge in [-0.3, -0.25) is 0 Å². The Kier molecular flexibility index (Phi) is 6.97. The molecule has 0 amide bonds. The fourth-order valence-electron chi connectivity index (χ4n) is 3.12. The summed E-state index contributed by atoms with van der Waals surface area (Å²) in [5.74, 6) is 0. The molecule has 0 radical (unpaired) electrons. The van der Waals surface area contributed by atoms with Gasteiger partial charge in [0, 0.05) is 37.9 Å². The summed E-state index contributed by atoms with van der Waals surface area (Å²) in [4.78, 5) is 0. The summed E-state index contributed by atoms with van der Waals surface area (Å²) < 4.78 is 22.9. The minimum atomic E-state index is -2.17. The van der Waals surface area contributed by atoms with Crippen LogP contribution in [0.15, 0.2) is 0 Å². The van der Waals surface area contributed by atoms with Crippen LogP contribution < -0.4 is 0 Å². The lowest BCUT2D eigenvalue weighted by molar-refractivity contribution is -0.113. The van der Waals surface area contributed by atoms with Crippen molar-refractivity contribution in [2.45, 2.75) is 45.7 Å². The van der Waals surface area contributed by atoms with Gasteiger partial charge in [0.2, 0.25) is 0 Å². The standard InChI is InChI=1S/C14H30O4Si/c1-6-17-19(5,18-7-2)13(9-8-10-15-4)14(3)11-16-12-14/h13H,6-12H2,1-5H3. The molecule has 0 aromatic carbocycles. The van der Waals surface area contributed by atoms with Gasteiger partial charge in [0.05, 0.1) is 13.2 Å². The molecule has 1 aliphatic rings. The van der Waals surface area contributed by atoms with Crippen molar-refractivity contribution in [2.75, 3.05) is 40.1 Å². The summed E-state index contributed by atoms with van der Waals surface area (Å²) in [5.41, 5.74) is 0.669. The third-order valence-corrected chi connectivity index (χ3v) is 8.02. The molecule has 0 spiro atoms. The highest BCUT2D eigenvalue weighted by Crippen LogP contribution is 2.48. The van der Waals surface area contributed by atoms with Crippen molar-refractivity contribution in [3.05, 3.63) is 0 Å². The van der Waals surface area contributed by atoms with Crippen molar-refractivity contribution in [1.82, 2.24) is 0 Å². The van der Waals surface area contributed by atoms with E-state index in [0.717, 1.165) is 45.9 Å². The second kappa shape index (κ2) is 7.74. The van der Waals surface area contributed by atoms with E-state index >= 15 is 0 Å². The summed E-state index contributed by atoms with van der Waals surface area (Å²) in [5, 5.41) is 0. The molecule has 114 valence electrons. The molecule has 5 heteroatoms. The van der Waals surface area contributed by atoms with E-state index in [1.165, 1.54) is 0 Å². The molecule has 1 aliphatic heterocycles. The highest BCUT2D eigenvalue weighted by molar-refractivity contribution is 6.67. The lowest BCUT2D eigenvalue weighted by atomic mass is 9.82. The zero-order valence-corrected chi connectivity index (χ0v) is 14.2. The van der Waals surface area contributed by atoms with Gasteiger partial charge in [0.25, 0.3) is 0 Å². The molecule has 0 N–H and O–H groups in total. The van der Waals surface area contributed by atoms with E-state index < -0.39 is 8.56 Å². The Morgan fingerprint density at radius 2 is 1.79 bits per heavy atom. The van der Waals surface area contributed by atoms with E-state index in [4.69, 9.17) is 18.3 Å². The van der Waals surface area contributed by atoms with Crippen LogP contribution in [0.2, 0.25) is 12.1 Å². The average Bonchev–Trinajstić information content (AvgIpc) is 2.32. The van der Waals surface area contributed by atoms with Crippen LogP contribution in [0, 0.1) is 5.41 Å². The van der Waals surface area contributed by atoms with Crippen LogP contribution in [0.4, 0.5) is 0 Å². The molecule has 0 aromatic rings. The summed E-state index contributed by atoms with van der Waals surface area (Å²) in [7, 11) is -0.415. The van der Waals surface area contributed by atoms with E-state index in [2.05, 4.69) is 27.3 Å². The Morgan fingerprint density at radius 3 is 2.16 bits per heavy atom. The molecule has 0 saturated carbocycles. The maximum absolute atomic E-state index is 6.11. The van der Waals surface area contributed by atoms with E-state index in [9.17, 15) is 0 Å². The van der Waals surface area contributed by atoms with E-state index in [0.29, 0.717) is 5.54 Å². The van der Waals surface area contributed by atoms with Gasteiger partial charge in [-0.15, -0.1) is 0 Å². The summed E-state index contributed by atoms with van der Waals surface area (Å²) in [6, 6.07) is 0. The maximum Gasteiger partial charge on any atom is 0.338 e. The largest absolute Gasteiger partial charge is 0.394 e. The van der Waals surface area contributed by atoms with Gasteiger partial charge in [-0.1, -0.05) is 6.92 Å². The van der Waals surface area contributed by atoms with Gasteiger partial charge in [-0.05, 0) is 33.2 Å². The van der Waals surface area contributed by atoms with Crippen molar-refractivity contribution >= 4 is 8.56 Å². The number of ether oxygens (including phenoxy) is 2. The predicted octanol–water partition coefficient (Wildman–Crippen LogP) is 2.96. The van der Waals surface area contributed by atoms with Crippen LogP contribution in [-0.2, 0) is 18.3 Å². The first-order chi connectivity index (χ1) is 9.02. The molecule has 1 unspecified atom stereocenters. The first kappa shape index (κ1) is 17.1. The van der Waals surface area contributed by atoms with E-state index in [1.54, 1.807) is 7.11 Å². The van der Waals surface area contributed by atoms with Crippen LogP contribution in [-0.4, -0.2) is 48.7 Å². The number of hydrogen-bond acceptors (Lipinski definition) is 4. The smallest absolute Gasteiger partial charge is 0.338 e. The summed E-state index contributed by atoms with van der Waals surface area (Å²) >= 11 is 0. The lowest BCUT2D eigenvalue weighted by Crippen LogP contribution is -2.56. The van der Waals surface area contributed by atoms with Gasteiger partial charge >= 0.3 is 8.56 Å². The average molecular weight is 290 g/mol. The molecular formula is C14H30O4Si. The molecule has 4 nitrogen and oxygen atoms in total. The Labute approximate surface area is 119 Å². The molecule has 0 bridgehead atoms. The highest BCUT2D eigenvalue weighted by Gasteiger charge is 2.53. The molecule has 0 aliphatic carbocycles.